The molecule has 2 aromatic heterocycles. The fraction of sp³-hybridized carbons (Fsp3) is 0.500. The zero-order valence-corrected chi connectivity index (χ0v) is 16.5. The van der Waals surface area contributed by atoms with Gasteiger partial charge in [0.05, 0.1) is 5.92 Å². The summed E-state index contributed by atoms with van der Waals surface area (Å²) in [7, 11) is 0. The molecule has 2 aromatic rings. The Bertz CT molecular complexity index is 864. The number of hydrogen-bond donors (Lipinski definition) is 1. The lowest BCUT2D eigenvalue weighted by molar-refractivity contribution is -0.125. The summed E-state index contributed by atoms with van der Waals surface area (Å²) >= 11 is 3.32. The second-order valence-corrected chi connectivity index (χ2v) is 9.52. The molecule has 2 atom stereocenters. The molecule has 0 spiro atoms. The minimum Gasteiger partial charge on any atom is -0.328 e. The molecule has 1 aliphatic heterocycles. The van der Waals surface area contributed by atoms with Gasteiger partial charge >= 0.3 is 0 Å². The van der Waals surface area contributed by atoms with E-state index in [1.165, 1.54) is 10.4 Å². The van der Waals surface area contributed by atoms with Gasteiger partial charge in [-0.25, -0.2) is 4.68 Å². The first-order valence-corrected chi connectivity index (χ1v) is 10.4. The van der Waals surface area contributed by atoms with Gasteiger partial charge in [-0.05, 0) is 35.1 Å². The summed E-state index contributed by atoms with van der Waals surface area (Å²) in [5.74, 6) is 1.73. The van der Waals surface area contributed by atoms with Crippen molar-refractivity contribution in [1.82, 2.24) is 14.8 Å². The van der Waals surface area contributed by atoms with E-state index in [4.69, 9.17) is 5.10 Å². The third-order valence-electron chi connectivity index (χ3n) is 4.75. The number of anilines is 1. The molecule has 1 aliphatic carbocycles. The Balaban J connectivity index is 1.90. The van der Waals surface area contributed by atoms with Crippen molar-refractivity contribution in [2.45, 2.75) is 45.3 Å². The highest BCUT2D eigenvalue weighted by Crippen LogP contribution is 2.47. The van der Waals surface area contributed by atoms with Crippen molar-refractivity contribution in [3.8, 4) is 0 Å². The van der Waals surface area contributed by atoms with E-state index in [9.17, 15) is 4.79 Å². The Kier molecular flexibility index (Phi) is 4.03. The van der Waals surface area contributed by atoms with Gasteiger partial charge in [-0.2, -0.15) is 4.98 Å². The highest BCUT2D eigenvalue weighted by Gasteiger charge is 2.45. The summed E-state index contributed by atoms with van der Waals surface area (Å²) in [6, 6.07) is 2.01. The Labute approximate surface area is 155 Å². The summed E-state index contributed by atoms with van der Waals surface area (Å²) in [6.07, 6.45) is 2.77. The number of rotatable bonds is 3. The molecule has 5 nitrogen and oxygen atoms in total. The summed E-state index contributed by atoms with van der Waals surface area (Å²) in [5.41, 5.74) is 2.06. The molecule has 0 radical (unpaired) electrons. The molecule has 1 N–H and O–H groups in total. The number of carbonyl (C=O) groups is 1. The highest BCUT2D eigenvalue weighted by atomic mass is 32.2. The lowest BCUT2D eigenvalue weighted by Crippen LogP contribution is -2.41. The molecule has 3 heterocycles. The van der Waals surface area contributed by atoms with Crippen LogP contribution in [0, 0.1) is 18.3 Å². The van der Waals surface area contributed by atoms with Gasteiger partial charge in [-0.15, -0.1) is 16.4 Å². The molecule has 4 rings (SSSR count). The van der Waals surface area contributed by atoms with E-state index in [2.05, 4.69) is 55.5 Å². The maximum atomic E-state index is 13.1. The first-order valence-electron chi connectivity index (χ1n) is 8.55. The molecule has 0 saturated carbocycles. The summed E-state index contributed by atoms with van der Waals surface area (Å²) < 4.78 is 1.93. The number of fused-ring (bicyclic) bond motifs is 2. The molecule has 0 amide bonds. The van der Waals surface area contributed by atoms with Crippen molar-refractivity contribution in [2.75, 3.05) is 11.1 Å². The molecular weight excluding hydrogens is 352 g/mol. The van der Waals surface area contributed by atoms with Gasteiger partial charge < -0.3 is 5.32 Å². The Morgan fingerprint density at radius 3 is 2.96 bits per heavy atom. The Morgan fingerprint density at radius 1 is 1.48 bits per heavy atom. The van der Waals surface area contributed by atoms with Crippen molar-refractivity contribution < 1.29 is 4.79 Å². The number of thiophene rings is 1. The molecule has 0 unspecified atom stereocenters. The van der Waals surface area contributed by atoms with Gasteiger partial charge in [-0.3, -0.25) is 4.79 Å². The van der Waals surface area contributed by atoms with E-state index in [1.807, 2.05) is 4.68 Å². The van der Waals surface area contributed by atoms with Crippen LogP contribution in [0.3, 0.4) is 0 Å². The van der Waals surface area contributed by atoms with Crippen molar-refractivity contribution in [2.24, 2.45) is 11.3 Å². The third kappa shape index (κ3) is 2.83. The van der Waals surface area contributed by atoms with Gasteiger partial charge in [0.1, 0.15) is 11.8 Å². The Hall–Kier alpha value is -1.60. The Morgan fingerprint density at radius 2 is 2.28 bits per heavy atom. The van der Waals surface area contributed by atoms with E-state index in [0.717, 1.165) is 22.6 Å². The average molecular weight is 375 g/mol. The van der Waals surface area contributed by atoms with Crippen LogP contribution in [0.25, 0.3) is 0 Å². The lowest BCUT2D eigenvalue weighted by atomic mass is 9.72. The zero-order chi connectivity index (χ0) is 17.8. The summed E-state index contributed by atoms with van der Waals surface area (Å²) in [5, 5.41) is 11.0. The van der Waals surface area contributed by atoms with Crippen LogP contribution in [0.15, 0.2) is 28.4 Å². The third-order valence-corrected chi connectivity index (χ3v) is 6.56. The average Bonchev–Trinajstić information content (AvgIpc) is 3.10. The van der Waals surface area contributed by atoms with Crippen molar-refractivity contribution >= 4 is 34.8 Å². The van der Waals surface area contributed by atoms with Crippen LogP contribution < -0.4 is 5.32 Å². The van der Waals surface area contributed by atoms with E-state index in [-0.39, 0.29) is 23.2 Å². The van der Waals surface area contributed by atoms with Gasteiger partial charge in [-0.1, -0.05) is 38.6 Å². The minimum atomic E-state index is -0.209. The molecule has 0 fully saturated rings. The maximum Gasteiger partial charge on any atom is 0.227 e. The molecule has 25 heavy (non-hydrogen) atoms. The van der Waals surface area contributed by atoms with Crippen molar-refractivity contribution in [3.05, 3.63) is 33.7 Å². The minimum absolute atomic E-state index is 0.107. The topological polar surface area (TPSA) is 59.8 Å². The van der Waals surface area contributed by atoms with Crippen LogP contribution in [0.4, 0.5) is 5.95 Å². The van der Waals surface area contributed by atoms with Gasteiger partial charge in [0.15, 0.2) is 0 Å². The number of hydrogen-bond acceptors (Lipinski definition) is 6. The van der Waals surface area contributed by atoms with Crippen molar-refractivity contribution in [1.29, 1.82) is 0 Å². The molecule has 0 saturated heterocycles. The SMILES string of the molecule is CCSc1nc2n(n1)[C@H](c1sccc1C)[C@H]1C(=O)CC(C)(C)C=C1N2. The number of thioether (sulfide) groups is 1. The van der Waals surface area contributed by atoms with Crippen LogP contribution >= 0.6 is 23.1 Å². The molecule has 2 aliphatic rings. The molecule has 0 bridgehead atoms. The van der Waals surface area contributed by atoms with E-state index < -0.39 is 0 Å². The van der Waals surface area contributed by atoms with E-state index >= 15 is 0 Å². The number of carbonyl (C=O) groups excluding carboxylic acids is 1. The number of aryl methyl sites for hydroxylation is 1. The number of allylic oxidation sites excluding steroid dienone is 2. The number of nitrogens with one attached hydrogen (secondary N) is 1. The number of ketones is 1. The number of aromatic nitrogens is 3. The van der Waals surface area contributed by atoms with Gasteiger partial charge in [0.25, 0.3) is 0 Å². The van der Waals surface area contributed by atoms with Crippen LogP contribution in [0.2, 0.25) is 0 Å². The van der Waals surface area contributed by atoms with Crippen LogP contribution in [0.5, 0.6) is 0 Å². The highest BCUT2D eigenvalue weighted by molar-refractivity contribution is 7.99. The van der Waals surface area contributed by atoms with E-state index in [0.29, 0.717) is 6.42 Å². The number of nitrogens with zero attached hydrogens (tertiary/aromatic N) is 3. The largest absolute Gasteiger partial charge is 0.328 e. The van der Waals surface area contributed by atoms with Gasteiger partial charge in [0.2, 0.25) is 11.1 Å². The van der Waals surface area contributed by atoms with Crippen LogP contribution in [-0.2, 0) is 4.79 Å². The molecular formula is C18H22N4OS2. The molecule has 7 heteroatoms. The zero-order valence-electron chi connectivity index (χ0n) is 14.9. The summed E-state index contributed by atoms with van der Waals surface area (Å²) in [4.78, 5) is 18.9. The van der Waals surface area contributed by atoms with Gasteiger partial charge in [0, 0.05) is 17.0 Å². The normalized spacial score (nSPS) is 24.3. The van der Waals surface area contributed by atoms with Crippen LogP contribution in [0.1, 0.15) is 43.7 Å². The predicted octanol–water partition coefficient (Wildman–Crippen LogP) is 4.27. The second-order valence-electron chi connectivity index (χ2n) is 7.34. The first kappa shape index (κ1) is 16.8. The fourth-order valence-corrected chi connectivity index (χ4v) is 5.35. The lowest BCUT2D eigenvalue weighted by Gasteiger charge is -2.39. The van der Waals surface area contributed by atoms with E-state index in [1.54, 1.807) is 23.1 Å². The monoisotopic (exact) mass is 374 g/mol. The molecule has 132 valence electrons. The first-order chi connectivity index (χ1) is 11.9. The second kappa shape index (κ2) is 5.99. The number of Topliss-reactive ketones (excluding diaryl/α,β-unsaturated/α-hetero) is 1. The predicted molar refractivity (Wildman–Crippen MR) is 102 cm³/mol. The summed E-state index contributed by atoms with van der Waals surface area (Å²) in [6.45, 7) is 8.41. The smallest absolute Gasteiger partial charge is 0.227 e. The molecule has 0 aromatic carbocycles. The standard InChI is InChI=1S/C18H22N4OS2/c1-5-24-17-20-16-19-11-8-18(3,4)9-12(23)13(11)14(22(16)21-17)15-10(2)6-7-25-15/h6-8,13-14H,5,9H2,1-4H3,(H,19,20,21)/t13-,14+/m1/s1. The fourth-order valence-electron chi connectivity index (χ4n) is 3.75. The maximum absolute atomic E-state index is 13.1. The van der Waals surface area contributed by atoms with Crippen molar-refractivity contribution in [3.63, 3.8) is 0 Å². The van der Waals surface area contributed by atoms with Crippen LogP contribution in [-0.4, -0.2) is 26.3 Å². The quantitative estimate of drug-likeness (QED) is 0.813.